The summed E-state index contributed by atoms with van der Waals surface area (Å²) in [5.41, 5.74) is 2.25. The third-order valence-electron chi connectivity index (χ3n) is 3.42. The van der Waals surface area contributed by atoms with Gasteiger partial charge in [-0.3, -0.25) is 4.79 Å². The third-order valence-corrected chi connectivity index (χ3v) is 3.94. The highest BCUT2D eigenvalue weighted by atomic mass is 35.5. The van der Waals surface area contributed by atoms with Crippen LogP contribution < -0.4 is 5.32 Å². The standard InChI is InChI=1S/C18H18Cl2N2O3/c1-12-2-4-13(5-3-12)6-9-16(23)21-10-11-25-18(24)17-14(19)7-8-15(20)22-17/h2-5,7-8H,6,9-11H2,1H3,(H,21,23). The van der Waals surface area contributed by atoms with E-state index in [1.165, 1.54) is 17.7 Å². The number of benzene rings is 1. The number of amides is 1. The molecule has 1 heterocycles. The topological polar surface area (TPSA) is 68.3 Å². The Morgan fingerprint density at radius 3 is 2.56 bits per heavy atom. The summed E-state index contributed by atoms with van der Waals surface area (Å²) in [6, 6.07) is 11.0. The molecule has 0 spiro atoms. The highest BCUT2D eigenvalue weighted by Crippen LogP contribution is 2.17. The summed E-state index contributed by atoms with van der Waals surface area (Å²) in [5, 5.41) is 3.02. The fraction of sp³-hybridized carbons (Fsp3) is 0.278. The second-order valence-electron chi connectivity index (χ2n) is 5.44. The Bertz CT molecular complexity index is 748. The van der Waals surface area contributed by atoms with Crippen molar-refractivity contribution >= 4 is 35.1 Å². The number of aromatic nitrogens is 1. The van der Waals surface area contributed by atoms with Crippen molar-refractivity contribution in [2.45, 2.75) is 19.8 Å². The number of esters is 1. The van der Waals surface area contributed by atoms with Crippen molar-refractivity contribution in [2.75, 3.05) is 13.2 Å². The van der Waals surface area contributed by atoms with Crippen molar-refractivity contribution in [3.05, 3.63) is 63.4 Å². The summed E-state index contributed by atoms with van der Waals surface area (Å²) in [6.07, 6.45) is 1.03. The number of aryl methyl sites for hydroxylation is 2. The van der Waals surface area contributed by atoms with Crippen LogP contribution in [-0.2, 0) is 16.0 Å². The molecular formula is C18H18Cl2N2O3. The molecule has 0 bridgehead atoms. The Morgan fingerprint density at radius 1 is 1.12 bits per heavy atom. The van der Waals surface area contributed by atoms with E-state index < -0.39 is 5.97 Å². The summed E-state index contributed by atoms with van der Waals surface area (Å²) in [7, 11) is 0. The number of carbonyl (C=O) groups is 2. The first kappa shape index (κ1) is 19.2. The predicted molar refractivity (Wildman–Crippen MR) is 97.0 cm³/mol. The van der Waals surface area contributed by atoms with Crippen molar-refractivity contribution in [1.82, 2.24) is 10.3 Å². The number of hydrogen-bond donors (Lipinski definition) is 1. The van der Waals surface area contributed by atoms with E-state index in [2.05, 4.69) is 10.3 Å². The van der Waals surface area contributed by atoms with Crippen molar-refractivity contribution in [3.63, 3.8) is 0 Å². The molecule has 0 saturated carbocycles. The van der Waals surface area contributed by atoms with E-state index in [4.69, 9.17) is 27.9 Å². The van der Waals surface area contributed by atoms with Crippen LogP contribution in [0.1, 0.15) is 28.0 Å². The number of nitrogens with zero attached hydrogens (tertiary/aromatic N) is 1. The molecule has 0 fully saturated rings. The van der Waals surface area contributed by atoms with Gasteiger partial charge in [-0.1, -0.05) is 53.0 Å². The summed E-state index contributed by atoms with van der Waals surface area (Å²) in [5.74, 6) is -0.781. The number of hydrogen-bond acceptors (Lipinski definition) is 4. The summed E-state index contributed by atoms with van der Waals surface area (Å²) < 4.78 is 5.03. The molecule has 25 heavy (non-hydrogen) atoms. The minimum atomic E-state index is -0.679. The van der Waals surface area contributed by atoms with Crippen molar-refractivity contribution in [1.29, 1.82) is 0 Å². The van der Waals surface area contributed by atoms with Gasteiger partial charge in [-0.15, -0.1) is 0 Å². The monoisotopic (exact) mass is 380 g/mol. The predicted octanol–water partition coefficient (Wildman–Crippen LogP) is 3.60. The van der Waals surface area contributed by atoms with Gasteiger partial charge in [0.1, 0.15) is 11.8 Å². The molecular weight excluding hydrogens is 363 g/mol. The first-order valence-corrected chi connectivity index (χ1v) is 8.52. The van der Waals surface area contributed by atoms with Crippen LogP contribution in [0.25, 0.3) is 0 Å². The van der Waals surface area contributed by atoms with Crippen LogP contribution in [0, 0.1) is 6.92 Å². The van der Waals surface area contributed by atoms with E-state index in [0.29, 0.717) is 12.8 Å². The zero-order chi connectivity index (χ0) is 18.2. The maximum Gasteiger partial charge on any atom is 0.358 e. The van der Waals surface area contributed by atoms with Gasteiger partial charge in [-0.25, -0.2) is 9.78 Å². The van der Waals surface area contributed by atoms with E-state index in [0.717, 1.165) is 5.56 Å². The first-order chi connectivity index (χ1) is 12.0. The largest absolute Gasteiger partial charge is 0.459 e. The smallest absolute Gasteiger partial charge is 0.358 e. The molecule has 7 heteroatoms. The van der Waals surface area contributed by atoms with Crippen LogP contribution >= 0.6 is 23.2 Å². The fourth-order valence-corrected chi connectivity index (χ4v) is 2.39. The lowest BCUT2D eigenvalue weighted by atomic mass is 10.1. The Labute approximate surface area is 156 Å². The molecule has 1 N–H and O–H groups in total. The molecule has 5 nitrogen and oxygen atoms in total. The molecule has 1 aromatic carbocycles. The van der Waals surface area contributed by atoms with Crippen LogP contribution in [0.5, 0.6) is 0 Å². The van der Waals surface area contributed by atoms with E-state index in [9.17, 15) is 9.59 Å². The molecule has 2 rings (SSSR count). The lowest BCUT2D eigenvalue weighted by molar-refractivity contribution is -0.121. The van der Waals surface area contributed by atoms with E-state index in [1.54, 1.807) is 0 Å². The minimum absolute atomic E-state index is 0.0274. The van der Waals surface area contributed by atoms with Gasteiger partial charge < -0.3 is 10.1 Å². The minimum Gasteiger partial charge on any atom is -0.459 e. The van der Waals surface area contributed by atoms with Crippen LogP contribution in [0.3, 0.4) is 0 Å². The van der Waals surface area contributed by atoms with E-state index in [1.807, 2.05) is 31.2 Å². The van der Waals surface area contributed by atoms with Crippen LogP contribution in [0.15, 0.2) is 36.4 Å². The summed E-state index contributed by atoms with van der Waals surface area (Å²) >= 11 is 11.6. The van der Waals surface area contributed by atoms with Gasteiger partial charge >= 0.3 is 5.97 Å². The number of nitrogens with one attached hydrogen (secondary N) is 1. The van der Waals surface area contributed by atoms with Crippen molar-refractivity contribution < 1.29 is 14.3 Å². The molecule has 0 aliphatic rings. The quantitative estimate of drug-likeness (QED) is 0.452. The third kappa shape index (κ3) is 6.36. The number of pyridine rings is 1. The zero-order valence-corrected chi connectivity index (χ0v) is 15.2. The average Bonchev–Trinajstić information content (AvgIpc) is 2.60. The first-order valence-electron chi connectivity index (χ1n) is 7.77. The van der Waals surface area contributed by atoms with Gasteiger partial charge in [-0.05, 0) is 31.0 Å². The number of rotatable bonds is 7. The van der Waals surface area contributed by atoms with Gasteiger partial charge in [0, 0.05) is 6.42 Å². The highest BCUT2D eigenvalue weighted by Gasteiger charge is 2.14. The molecule has 2 aromatic rings. The summed E-state index contributed by atoms with van der Waals surface area (Å²) in [4.78, 5) is 27.5. The fourth-order valence-electron chi connectivity index (χ4n) is 2.07. The molecule has 0 unspecified atom stereocenters. The van der Waals surface area contributed by atoms with Gasteiger partial charge in [0.25, 0.3) is 0 Å². The SMILES string of the molecule is Cc1ccc(CCC(=O)NCCOC(=O)c2nc(Cl)ccc2Cl)cc1. The van der Waals surface area contributed by atoms with Gasteiger partial charge in [-0.2, -0.15) is 0 Å². The maximum atomic E-state index is 11.9. The van der Waals surface area contributed by atoms with Crippen LogP contribution in [0.4, 0.5) is 0 Å². The summed E-state index contributed by atoms with van der Waals surface area (Å²) in [6.45, 7) is 2.26. The average molecular weight is 381 g/mol. The molecule has 0 aliphatic carbocycles. The van der Waals surface area contributed by atoms with Gasteiger partial charge in [0.05, 0.1) is 11.6 Å². The second kappa shape index (κ2) is 9.39. The molecule has 1 amide bonds. The lowest BCUT2D eigenvalue weighted by Crippen LogP contribution is -2.28. The molecule has 0 aliphatic heterocycles. The lowest BCUT2D eigenvalue weighted by Gasteiger charge is -2.08. The molecule has 0 radical (unpaired) electrons. The highest BCUT2D eigenvalue weighted by molar-refractivity contribution is 6.34. The number of halogens is 2. The molecule has 1 aromatic heterocycles. The normalized spacial score (nSPS) is 10.4. The molecule has 0 atom stereocenters. The van der Waals surface area contributed by atoms with Gasteiger partial charge in [0.15, 0.2) is 5.69 Å². The molecule has 132 valence electrons. The number of carbonyl (C=O) groups excluding carboxylic acids is 2. The Balaban J connectivity index is 1.68. The zero-order valence-electron chi connectivity index (χ0n) is 13.7. The van der Waals surface area contributed by atoms with E-state index >= 15 is 0 Å². The number of ether oxygens (including phenoxy) is 1. The molecule has 0 saturated heterocycles. The van der Waals surface area contributed by atoms with Crippen LogP contribution in [0.2, 0.25) is 10.2 Å². The Kier molecular flexibility index (Phi) is 7.22. The Hall–Kier alpha value is -2.11. The van der Waals surface area contributed by atoms with Crippen molar-refractivity contribution in [3.8, 4) is 0 Å². The Morgan fingerprint density at radius 2 is 1.84 bits per heavy atom. The van der Waals surface area contributed by atoms with Crippen LogP contribution in [-0.4, -0.2) is 30.0 Å². The van der Waals surface area contributed by atoms with E-state index in [-0.39, 0.29) is 34.9 Å². The van der Waals surface area contributed by atoms with Crippen molar-refractivity contribution in [2.24, 2.45) is 0 Å². The second-order valence-corrected chi connectivity index (χ2v) is 6.23. The maximum absolute atomic E-state index is 11.9. The van der Waals surface area contributed by atoms with Gasteiger partial charge in [0.2, 0.25) is 5.91 Å².